The molecule has 0 atom stereocenters. The number of rotatable bonds is 1. The van der Waals surface area contributed by atoms with E-state index in [0.29, 0.717) is 10.9 Å². The molecule has 2 rings (SSSR count). The second-order valence-corrected chi connectivity index (χ2v) is 9.95. The van der Waals surface area contributed by atoms with Crippen molar-refractivity contribution in [3.8, 4) is 0 Å². The van der Waals surface area contributed by atoms with E-state index < -0.39 is 0 Å². The Labute approximate surface area is 151 Å². The van der Waals surface area contributed by atoms with Gasteiger partial charge >= 0.3 is 0 Å². The van der Waals surface area contributed by atoms with Crippen LogP contribution in [0, 0.1) is 0 Å². The second-order valence-electron chi connectivity index (χ2n) is 9.33. The Balaban J connectivity index is 0.000000347. The van der Waals surface area contributed by atoms with E-state index in [2.05, 4.69) is 26.1 Å². The SMILES string of the molecule is CC(C)(C)N.CC(C)(C)NC1CCCCC1.ClC1CCCCC1. The molecular weight excluding hydrogens is 304 g/mol. The molecule has 2 aliphatic rings. The number of hydrogen-bond donors (Lipinski definition) is 2. The van der Waals surface area contributed by atoms with Crippen molar-refractivity contribution in [3.63, 3.8) is 0 Å². The molecule has 0 radical (unpaired) electrons. The van der Waals surface area contributed by atoms with Crippen molar-refractivity contribution in [1.82, 2.24) is 5.32 Å². The summed E-state index contributed by atoms with van der Waals surface area (Å²) in [4.78, 5) is 0. The van der Waals surface area contributed by atoms with Gasteiger partial charge in [0.05, 0.1) is 0 Å². The van der Waals surface area contributed by atoms with Crippen LogP contribution in [0.15, 0.2) is 0 Å². The molecule has 0 bridgehead atoms. The van der Waals surface area contributed by atoms with Crippen LogP contribution in [0.2, 0.25) is 0 Å². The van der Waals surface area contributed by atoms with Gasteiger partial charge in [-0.05, 0) is 67.2 Å². The zero-order valence-electron chi connectivity index (χ0n) is 16.7. The van der Waals surface area contributed by atoms with Gasteiger partial charge in [0.2, 0.25) is 0 Å². The molecule has 0 heterocycles. The molecule has 140 valence electrons. The first-order valence-corrected chi connectivity index (χ1v) is 10.1. The van der Waals surface area contributed by atoms with Gasteiger partial charge in [-0.25, -0.2) is 0 Å². The van der Waals surface area contributed by atoms with Gasteiger partial charge in [-0.2, -0.15) is 0 Å². The van der Waals surface area contributed by atoms with Crippen molar-refractivity contribution in [1.29, 1.82) is 0 Å². The van der Waals surface area contributed by atoms with Crippen molar-refractivity contribution in [2.45, 2.75) is 128 Å². The molecule has 0 spiro atoms. The summed E-state index contributed by atoms with van der Waals surface area (Å²) in [5.41, 5.74) is 5.66. The highest BCUT2D eigenvalue weighted by Gasteiger charge is 2.18. The average molecular weight is 347 g/mol. The van der Waals surface area contributed by atoms with E-state index in [-0.39, 0.29) is 5.54 Å². The van der Waals surface area contributed by atoms with Gasteiger partial charge in [0.1, 0.15) is 0 Å². The van der Waals surface area contributed by atoms with E-state index in [1.807, 2.05) is 20.8 Å². The first-order valence-electron chi connectivity index (χ1n) is 9.68. The fraction of sp³-hybridized carbons (Fsp3) is 1.00. The topological polar surface area (TPSA) is 38.0 Å². The van der Waals surface area contributed by atoms with Crippen LogP contribution < -0.4 is 11.1 Å². The monoisotopic (exact) mass is 346 g/mol. The van der Waals surface area contributed by atoms with E-state index >= 15 is 0 Å². The van der Waals surface area contributed by atoms with E-state index in [4.69, 9.17) is 17.3 Å². The van der Waals surface area contributed by atoms with Crippen LogP contribution in [0.1, 0.15) is 106 Å². The Kier molecular flexibility index (Phi) is 11.8. The molecule has 23 heavy (non-hydrogen) atoms. The fourth-order valence-electron chi connectivity index (χ4n) is 2.91. The minimum Gasteiger partial charge on any atom is -0.326 e. The zero-order chi connectivity index (χ0) is 17.9. The maximum absolute atomic E-state index is 5.82. The lowest BCUT2D eigenvalue weighted by Gasteiger charge is -2.31. The van der Waals surface area contributed by atoms with Crippen LogP contribution in [0.3, 0.4) is 0 Å². The van der Waals surface area contributed by atoms with Gasteiger partial charge in [-0.1, -0.05) is 38.5 Å². The molecule has 0 aliphatic heterocycles. The summed E-state index contributed by atoms with van der Waals surface area (Å²) >= 11 is 5.82. The molecule has 2 fully saturated rings. The summed E-state index contributed by atoms with van der Waals surface area (Å²) in [6.07, 6.45) is 13.7. The molecule has 2 aliphatic carbocycles. The van der Waals surface area contributed by atoms with Crippen LogP contribution in [-0.4, -0.2) is 22.5 Å². The van der Waals surface area contributed by atoms with Gasteiger partial charge in [-0.15, -0.1) is 11.6 Å². The normalized spacial score (nSPS) is 20.9. The molecule has 2 nitrogen and oxygen atoms in total. The summed E-state index contributed by atoms with van der Waals surface area (Å²) in [7, 11) is 0. The summed E-state index contributed by atoms with van der Waals surface area (Å²) in [6, 6.07) is 0.795. The van der Waals surface area contributed by atoms with Crippen LogP contribution in [0.25, 0.3) is 0 Å². The molecule has 0 aromatic rings. The molecule has 0 aromatic carbocycles. The van der Waals surface area contributed by atoms with E-state index in [0.717, 1.165) is 6.04 Å². The third kappa shape index (κ3) is 20.2. The summed E-state index contributed by atoms with van der Waals surface area (Å²) in [6.45, 7) is 12.7. The Morgan fingerprint density at radius 2 is 1.09 bits per heavy atom. The molecule has 3 N–H and O–H groups in total. The van der Waals surface area contributed by atoms with Gasteiger partial charge in [0.25, 0.3) is 0 Å². The molecule has 2 saturated carbocycles. The van der Waals surface area contributed by atoms with Crippen molar-refractivity contribution >= 4 is 11.6 Å². The smallest absolute Gasteiger partial charge is 0.0336 e. The van der Waals surface area contributed by atoms with E-state index in [9.17, 15) is 0 Å². The number of alkyl halides is 1. The fourth-order valence-corrected chi connectivity index (χ4v) is 3.22. The van der Waals surface area contributed by atoms with Crippen molar-refractivity contribution in [2.24, 2.45) is 5.73 Å². The van der Waals surface area contributed by atoms with Crippen molar-refractivity contribution in [2.75, 3.05) is 0 Å². The highest BCUT2D eigenvalue weighted by molar-refractivity contribution is 6.20. The van der Waals surface area contributed by atoms with Crippen LogP contribution >= 0.6 is 11.6 Å². The minimum absolute atomic E-state index is 0. The minimum atomic E-state index is 0. The number of hydrogen-bond acceptors (Lipinski definition) is 2. The van der Waals surface area contributed by atoms with E-state index in [1.165, 1.54) is 64.2 Å². The first-order chi connectivity index (χ1) is 10.5. The molecule has 0 saturated heterocycles. The predicted molar refractivity (Wildman–Crippen MR) is 106 cm³/mol. The standard InChI is InChI=1S/C10H21N.C6H11Cl.C4H11N/c1-10(2,3)11-9-7-5-4-6-8-9;7-6-4-2-1-3-5-6;1-4(2,3)5/h9,11H,4-8H2,1-3H3;6H,1-5H2;5H2,1-3H3. The van der Waals surface area contributed by atoms with Crippen LogP contribution in [0.5, 0.6) is 0 Å². The largest absolute Gasteiger partial charge is 0.326 e. The number of nitrogens with one attached hydrogen (secondary N) is 1. The first kappa shape index (κ1) is 23.2. The Bertz CT molecular complexity index is 260. The van der Waals surface area contributed by atoms with Crippen LogP contribution in [0.4, 0.5) is 0 Å². The number of nitrogens with two attached hydrogens (primary N) is 1. The highest BCUT2D eigenvalue weighted by Crippen LogP contribution is 2.21. The molecule has 0 unspecified atom stereocenters. The van der Waals surface area contributed by atoms with Crippen LogP contribution in [-0.2, 0) is 0 Å². The quantitative estimate of drug-likeness (QED) is 0.570. The molecule has 3 heteroatoms. The predicted octanol–water partition coefficient (Wildman–Crippen LogP) is 6.01. The van der Waals surface area contributed by atoms with E-state index in [1.54, 1.807) is 0 Å². The summed E-state index contributed by atoms with van der Waals surface area (Å²) in [5, 5.41) is 4.17. The lowest BCUT2D eigenvalue weighted by atomic mass is 9.93. The highest BCUT2D eigenvalue weighted by atomic mass is 35.5. The summed E-state index contributed by atoms with van der Waals surface area (Å²) in [5.74, 6) is 0. The molecule has 0 amide bonds. The lowest BCUT2D eigenvalue weighted by Crippen LogP contribution is -2.44. The Hall–Kier alpha value is 0.210. The maximum Gasteiger partial charge on any atom is 0.0336 e. The van der Waals surface area contributed by atoms with Gasteiger partial charge in [-0.3, -0.25) is 0 Å². The number of halogens is 1. The van der Waals surface area contributed by atoms with Crippen molar-refractivity contribution < 1.29 is 0 Å². The van der Waals surface area contributed by atoms with Gasteiger partial charge < -0.3 is 11.1 Å². The molecule has 0 aromatic heterocycles. The van der Waals surface area contributed by atoms with Gasteiger partial charge in [0, 0.05) is 22.5 Å². The van der Waals surface area contributed by atoms with Crippen molar-refractivity contribution in [3.05, 3.63) is 0 Å². The van der Waals surface area contributed by atoms with Gasteiger partial charge in [0.15, 0.2) is 0 Å². The second kappa shape index (κ2) is 11.7. The maximum atomic E-state index is 5.82. The zero-order valence-corrected chi connectivity index (χ0v) is 17.4. The Morgan fingerprint density at radius 1 is 0.739 bits per heavy atom. The third-order valence-corrected chi connectivity index (χ3v) is 4.21. The lowest BCUT2D eigenvalue weighted by molar-refractivity contribution is 0.295. The summed E-state index contributed by atoms with van der Waals surface area (Å²) < 4.78 is 0. The third-order valence-electron chi connectivity index (χ3n) is 3.78. The molecular formula is C20H43ClN2. The average Bonchev–Trinajstić information content (AvgIpc) is 2.37. The Morgan fingerprint density at radius 3 is 1.35 bits per heavy atom.